The molecule has 0 bridgehead atoms. The van der Waals surface area contributed by atoms with Gasteiger partial charge in [0, 0.05) is 18.0 Å². The normalized spacial score (nSPS) is 14.7. The molecule has 0 aliphatic rings. The van der Waals surface area contributed by atoms with Crippen LogP contribution in [-0.4, -0.2) is 46.4 Å². The summed E-state index contributed by atoms with van der Waals surface area (Å²) in [6.45, 7) is 0.393. The lowest BCUT2D eigenvalue weighted by Crippen LogP contribution is -2.53. The van der Waals surface area contributed by atoms with Crippen LogP contribution in [0.15, 0.2) is 76.8 Å². The second kappa shape index (κ2) is 8.95. The van der Waals surface area contributed by atoms with Gasteiger partial charge in [0.15, 0.2) is 5.60 Å². The van der Waals surface area contributed by atoms with Crippen LogP contribution in [0.4, 0.5) is 13.2 Å². The zero-order valence-corrected chi connectivity index (χ0v) is 18.3. The number of amides is 1. The van der Waals surface area contributed by atoms with E-state index >= 15 is 0 Å². The predicted octanol–water partition coefficient (Wildman–Crippen LogP) is 3.11. The fourth-order valence-electron chi connectivity index (χ4n) is 3.15. The maximum Gasteiger partial charge on any atom is 0.419 e. The summed E-state index contributed by atoms with van der Waals surface area (Å²) in [5.41, 5.74) is -4.56. The van der Waals surface area contributed by atoms with Crippen LogP contribution in [0.3, 0.4) is 0 Å². The number of aliphatic hydroxyl groups is 1. The predicted molar refractivity (Wildman–Crippen MR) is 113 cm³/mol. The van der Waals surface area contributed by atoms with Crippen LogP contribution in [0.1, 0.15) is 28.9 Å². The number of hydrogen-bond acceptors (Lipinski definition) is 7. The molecule has 3 rings (SSSR count). The fraction of sp³-hybridized carbons (Fsp3) is 0.182. The van der Waals surface area contributed by atoms with Gasteiger partial charge in [0.1, 0.15) is 11.5 Å². The number of pyridine rings is 1. The number of para-hydroxylation sites is 1. The first-order chi connectivity index (χ1) is 15.8. The van der Waals surface area contributed by atoms with Crippen molar-refractivity contribution in [3.8, 4) is 11.5 Å². The summed E-state index contributed by atoms with van der Waals surface area (Å²) >= 11 is 0. The van der Waals surface area contributed by atoms with Crippen molar-refractivity contribution in [3.05, 3.63) is 78.1 Å². The molecule has 1 heterocycles. The first-order valence-electron chi connectivity index (χ1n) is 9.63. The molecule has 0 radical (unpaired) electrons. The molecule has 0 saturated heterocycles. The van der Waals surface area contributed by atoms with Crippen molar-refractivity contribution in [2.75, 3.05) is 0 Å². The van der Waals surface area contributed by atoms with E-state index in [-0.39, 0.29) is 10.5 Å². The van der Waals surface area contributed by atoms with E-state index in [9.17, 15) is 41.7 Å². The summed E-state index contributed by atoms with van der Waals surface area (Å²) in [6.07, 6.45) is -2.81. The number of aromatic hydroxyl groups is 2. The number of hydrogen-bond donors (Lipinski definition) is 4. The lowest BCUT2D eigenvalue weighted by Gasteiger charge is -2.35. The van der Waals surface area contributed by atoms with Crippen LogP contribution in [0.2, 0.25) is 0 Å². The molecule has 1 aromatic heterocycles. The zero-order valence-electron chi connectivity index (χ0n) is 17.5. The second-order valence-corrected chi connectivity index (χ2v) is 9.43. The molecule has 2 aromatic carbocycles. The largest absolute Gasteiger partial charge is 0.508 e. The molecule has 0 saturated carbocycles. The highest BCUT2D eigenvalue weighted by atomic mass is 32.2. The minimum atomic E-state index is -5.27. The van der Waals surface area contributed by atoms with E-state index in [4.69, 9.17) is 0 Å². The molecular weight excluding hydrogens is 477 g/mol. The van der Waals surface area contributed by atoms with Crippen LogP contribution < -0.4 is 5.32 Å². The lowest BCUT2D eigenvalue weighted by atomic mass is 9.88. The van der Waals surface area contributed by atoms with Gasteiger partial charge in [-0.15, -0.1) is 0 Å². The average Bonchev–Trinajstić information content (AvgIpc) is 2.77. The number of aromatic nitrogens is 1. The number of carbonyl (C=O) groups excluding carboxylic acids is 1. The van der Waals surface area contributed by atoms with Gasteiger partial charge in [0.25, 0.3) is 5.91 Å². The Balaban J connectivity index is 2.08. The van der Waals surface area contributed by atoms with Gasteiger partial charge in [-0.1, -0.05) is 18.2 Å². The van der Waals surface area contributed by atoms with Gasteiger partial charge in [-0.25, -0.2) is 8.42 Å². The number of alkyl halides is 3. The summed E-state index contributed by atoms with van der Waals surface area (Å²) in [5.74, 6) is -2.60. The number of nitrogens with zero attached hydrogens (tertiary/aromatic N) is 1. The van der Waals surface area contributed by atoms with E-state index in [1.54, 1.807) is 0 Å². The zero-order chi connectivity index (χ0) is 25.3. The Hall–Kier alpha value is -3.64. The van der Waals surface area contributed by atoms with E-state index in [1.807, 2.05) is 5.32 Å². The standard InChI is InChI=1S/C22H19F3N2O6S/c1-21(31,22(23,24)25)19(27-20(30)16-4-2-3-5-17(16)28)15-7-6-14(12-18(15)29)34(32,33)13-8-10-26-11-9-13/h2-12,19,28-29,31H,1H3,(H,27,30). The summed E-state index contributed by atoms with van der Waals surface area (Å²) in [5, 5.41) is 32.6. The summed E-state index contributed by atoms with van der Waals surface area (Å²) in [6, 6.07) is 7.69. The Morgan fingerprint density at radius 2 is 1.59 bits per heavy atom. The van der Waals surface area contributed by atoms with Gasteiger partial charge < -0.3 is 20.6 Å². The van der Waals surface area contributed by atoms with Crippen molar-refractivity contribution in [2.24, 2.45) is 0 Å². The van der Waals surface area contributed by atoms with Crippen molar-refractivity contribution in [1.29, 1.82) is 0 Å². The van der Waals surface area contributed by atoms with Crippen LogP contribution in [0.25, 0.3) is 0 Å². The minimum Gasteiger partial charge on any atom is -0.508 e. The fourth-order valence-corrected chi connectivity index (χ4v) is 4.41. The number of halogens is 3. The number of phenolic OH excluding ortho intramolecular Hbond substituents is 2. The molecule has 180 valence electrons. The van der Waals surface area contributed by atoms with Gasteiger partial charge >= 0.3 is 6.18 Å². The van der Waals surface area contributed by atoms with Gasteiger partial charge in [0.05, 0.1) is 21.4 Å². The molecule has 0 fully saturated rings. The van der Waals surface area contributed by atoms with Crippen molar-refractivity contribution < 1.29 is 41.7 Å². The Kier molecular flexibility index (Phi) is 6.58. The molecule has 0 aliphatic carbocycles. The highest BCUT2D eigenvalue weighted by Crippen LogP contribution is 2.43. The number of phenols is 2. The van der Waals surface area contributed by atoms with E-state index in [0.717, 1.165) is 30.3 Å². The summed E-state index contributed by atoms with van der Waals surface area (Å²) < 4.78 is 66.6. The van der Waals surface area contributed by atoms with Crippen molar-refractivity contribution in [2.45, 2.75) is 34.5 Å². The van der Waals surface area contributed by atoms with Gasteiger partial charge in [0.2, 0.25) is 9.84 Å². The number of sulfone groups is 1. The van der Waals surface area contributed by atoms with Crippen molar-refractivity contribution >= 4 is 15.7 Å². The van der Waals surface area contributed by atoms with E-state index in [2.05, 4.69) is 4.98 Å². The summed E-state index contributed by atoms with van der Waals surface area (Å²) in [7, 11) is -4.14. The molecule has 4 N–H and O–H groups in total. The van der Waals surface area contributed by atoms with Gasteiger partial charge in [-0.05, 0) is 43.3 Å². The van der Waals surface area contributed by atoms with Crippen LogP contribution >= 0.6 is 0 Å². The van der Waals surface area contributed by atoms with Crippen LogP contribution in [0.5, 0.6) is 11.5 Å². The van der Waals surface area contributed by atoms with Crippen molar-refractivity contribution in [3.63, 3.8) is 0 Å². The molecule has 8 nitrogen and oxygen atoms in total. The second-order valence-electron chi connectivity index (χ2n) is 7.48. The third kappa shape index (κ3) is 4.68. The minimum absolute atomic E-state index is 0.165. The maximum absolute atomic E-state index is 13.7. The Morgan fingerprint density at radius 1 is 0.971 bits per heavy atom. The number of carbonyl (C=O) groups is 1. The first kappa shape index (κ1) is 25.0. The van der Waals surface area contributed by atoms with Crippen molar-refractivity contribution in [1.82, 2.24) is 10.3 Å². The topological polar surface area (TPSA) is 137 Å². The lowest BCUT2D eigenvalue weighted by molar-refractivity contribution is -0.263. The highest BCUT2D eigenvalue weighted by molar-refractivity contribution is 7.91. The molecule has 2 atom stereocenters. The van der Waals surface area contributed by atoms with E-state index in [1.165, 1.54) is 36.7 Å². The van der Waals surface area contributed by atoms with Gasteiger partial charge in [-0.3, -0.25) is 9.78 Å². The molecule has 34 heavy (non-hydrogen) atoms. The molecule has 0 spiro atoms. The Morgan fingerprint density at radius 3 is 2.15 bits per heavy atom. The average molecular weight is 496 g/mol. The first-order valence-corrected chi connectivity index (χ1v) is 11.1. The molecule has 2 unspecified atom stereocenters. The third-order valence-corrected chi connectivity index (χ3v) is 6.91. The molecule has 3 aromatic rings. The van der Waals surface area contributed by atoms with Crippen LogP contribution in [0, 0.1) is 0 Å². The SMILES string of the molecule is CC(O)(C(NC(=O)c1ccccc1O)c1ccc(S(=O)(=O)c2ccncc2)cc1O)C(F)(F)F. The Labute approximate surface area is 192 Å². The quantitative estimate of drug-likeness (QED) is 0.412. The Bertz CT molecular complexity index is 1310. The molecule has 0 aliphatic heterocycles. The maximum atomic E-state index is 13.7. The van der Waals surface area contributed by atoms with Gasteiger partial charge in [-0.2, -0.15) is 13.2 Å². The molecule has 12 heteroatoms. The molecule has 1 amide bonds. The highest BCUT2D eigenvalue weighted by Gasteiger charge is 2.56. The number of nitrogens with one attached hydrogen (secondary N) is 1. The smallest absolute Gasteiger partial charge is 0.419 e. The summed E-state index contributed by atoms with van der Waals surface area (Å²) in [4.78, 5) is 15.7. The number of benzene rings is 2. The van der Waals surface area contributed by atoms with E-state index in [0.29, 0.717) is 6.92 Å². The number of rotatable bonds is 6. The van der Waals surface area contributed by atoms with E-state index < -0.39 is 55.5 Å². The van der Waals surface area contributed by atoms with Crippen LogP contribution in [-0.2, 0) is 9.84 Å². The third-order valence-electron chi connectivity index (χ3n) is 5.14. The molecular formula is C22H19F3N2O6S. The monoisotopic (exact) mass is 496 g/mol.